The second-order valence-electron chi connectivity index (χ2n) is 7.59. The summed E-state index contributed by atoms with van der Waals surface area (Å²) in [7, 11) is 1.82. The van der Waals surface area contributed by atoms with E-state index < -0.39 is 5.54 Å². The first-order valence-corrected chi connectivity index (χ1v) is 8.50. The van der Waals surface area contributed by atoms with Gasteiger partial charge in [0.1, 0.15) is 5.78 Å². The van der Waals surface area contributed by atoms with Crippen LogP contribution in [0.15, 0.2) is 0 Å². The van der Waals surface area contributed by atoms with E-state index >= 15 is 0 Å². The molecule has 4 nitrogen and oxygen atoms in total. The summed E-state index contributed by atoms with van der Waals surface area (Å²) in [5.41, 5.74) is -0.844. The summed E-state index contributed by atoms with van der Waals surface area (Å²) in [6.07, 6.45) is 0.374. The molecule has 1 aliphatic rings. The van der Waals surface area contributed by atoms with Crippen LogP contribution in [0, 0.1) is 0 Å². The zero-order valence-corrected chi connectivity index (χ0v) is 15.5. The van der Waals surface area contributed by atoms with Crippen LogP contribution in [0.25, 0.3) is 0 Å². The van der Waals surface area contributed by atoms with Crippen LogP contribution in [-0.2, 0) is 9.59 Å². The highest BCUT2D eigenvalue weighted by molar-refractivity contribution is 8.00. The molecule has 122 valence electrons. The minimum atomic E-state index is -0.496. The number of nitrogens with zero attached hydrogens (tertiary/aromatic N) is 1. The van der Waals surface area contributed by atoms with Crippen LogP contribution >= 0.6 is 11.8 Å². The third-order valence-corrected chi connectivity index (χ3v) is 6.52. The van der Waals surface area contributed by atoms with E-state index in [0.29, 0.717) is 6.42 Å². The molecule has 0 aliphatic carbocycles. The maximum absolute atomic E-state index is 13.0. The molecule has 5 heteroatoms. The minimum Gasteiger partial charge on any atom is -0.329 e. The lowest BCUT2D eigenvalue weighted by molar-refractivity contribution is -0.148. The van der Waals surface area contributed by atoms with Crippen molar-refractivity contribution in [1.82, 2.24) is 10.2 Å². The van der Waals surface area contributed by atoms with Gasteiger partial charge in [-0.3, -0.25) is 9.59 Å². The largest absolute Gasteiger partial charge is 0.329 e. The molecule has 0 spiro atoms. The molecule has 0 aromatic carbocycles. The Morgan fingerprint density at radius 1 is 1.38 bits per heavy atom. The molecule has 1 N–H and O–H groups in total. The molecule has 1 aliphatic heterocycles. The van der Waals surface area contributed by atoms with Crippen molar-refractivity contribution in [3.63, 3.8) is 0 Å². The number of thioether (sulfide) groups is 1. The zero-order chi connectivity index (χ0) is 16.6. The van der Waals surface area contributed by atoms with Crippen LogP contribution in [0.4, 0.5) is 0 Å². The number of ketones is 1. The second kappa shape index (κ2) is 5.92. The quantitative estimate of drug-likeness (QED) is 0.866. The molecular formula is C16H30N2O2S. The van der Waals surface area contributed by atoms with Crippen molar-refractivity contribution in [3.8, 4) is 0 Å². The molecule has 1 fully saturated rings. The highest BCUT2D eigenvalue weighted by Gasteiger charge is 2.53. The van der Waals surface area contributed by atoms with Gasteiger partial charge in [-0.1, -0.05) is 0 Å². The van der Waals surface area contributed by atoms with Crippen molar-refractivity contribution in [1.29, 1.82) is 0 Å². The van der Waals surface area contributed by atoms with E-state index in [9.17, 15) is 9.59 Å². The SMILES string of the molecule is CN[C@H]1CSC(C)(C)C(C)(C)N(C(C)(C)CC(C)=O)C1=O. The number of amides is 1. The number of Topliss-reactive ketones (excluding diaryl/α,β-unsaturated/α-hetero) is 1. The maximum atomic E-state index is 13.0. The molecule has 1 amide bonds. The van der Waals surface area contributed by atoms with Gasteiger partial charge in [0.15, 0.2) is 0 Å². The van der Waals surface area contributed by atoms with Gasteiger partial charge in [0.25, 0.3) is 0 Å². The van der Waals surface area contributed by atoms with E-state index in [1.165, 1.54) is 0 Å². The first kappa shape index (κ1) is 18.5. The normalized spacial score (nSPS) is 25.6. The van der Waals surface area contributed by atoms with E-state index in [2.05, 4.69) is 33.0 Å². The zero-order valence-electron chi connectivity index (χ0n) is 14.7. The summed E-state index contributed by atoms with van der Waals surface area (Å²) in [5.74, 6) is 0.949. The first-order chi connectivity index (χ1) is 9.37. The minimum absolute atomic E-state index is 0.0897. The maximum Gasteiger partial charge on any atom is 0.241 e. The van der Waals surface area contributed by atoms with Gasteiger partial charge in [-0.15, -0.1) is 0 Å². The molecule has 0 aromatic heterocycles. The predicted octanol–water partition coefficient (Wildman–Crippen LogP) is 2.46. The van der Waals surface area contributed by atoms with Crippen LogP contribution in [0.2, 0.25) is 0 Å². The molecule has 0 unspecified atom stereocenters. The van der Waals surface area contributed by atoms with Crippen LogP contribution in [0.5, 0.6) is 0 Å². The van der Waals surface area contributed by atoms with E-state index in [0.717, 1.165) is 5.75 Å². The van der Waals surface area contributed by atoms with Gasteiger partial charge in [-0.05, 0) is 55.5 Å². The van der Waals surface area contributed by atoms with Crippen molar-refractivity contribution in [3.05, 3.63) is 0 Å². The summed E-state index contributed by atoms with van der Waals surface area (Å²) in [6.45, 7) is 14.2. The van der Waals surface area contributed by atoms with Gasteiger partial charge >= 0.3 is 0 Å². The van der Waals surface area contributed by atoms with E-state index in [4.69, 9.17) is 0 Å². The standard InChI is InChI=1S/C16H30N2O2S/c1-11(19)9-14(2,3)18-13(20)12(17-8)10-21-16(6,7)15(18,4)5/h12,17H,9-10H2,1-8H3/t12-/m0/s1. The lowest BCUT2D eigenvalue weighted by Gasteiger charge is -2.54. The number of hydrogen-bond acceptors (Lipinski definition) is 4. The molecule has 1 atom stereocenters. The molecule has 0 bridgehead atoms. The number of carbonyl (C=O) groups excluding carboxylic acids is 2. The van der Waals surface area contributed by atoms with E-state index in [1.807, 2.05) is 37.6 Å². The molecule has 21 heavy (non-hydrogen) atoms. The Morgan fingerprint density at radius 2 is 1.90 bits per heavy atom. The Bertz CT molecular complexity index is 430. The Hall–Kier alpha value is -0.550. The van der Waals surface area contributed by atoms with Gasteiger partial charge in [-0.25, -0.2) is 0 Å². The summed E-state index contributed by atoms with van der Waals surface area (Å²) < 4.78 is -0.0949. The van der Waals surface area contributed by atoms with Crippen molar-refractivity contribution in [2.75, 3.05) is 12.8 Å². The van der Waals surface area contributed by atoms with Gasteiger partial charge in [0.05, 0.1) is 11.6 Å². The Kier molecular flexibility index (Phi) is 5.21. The van der Waals surface area contributed by atoms with Crippen LogP contribution in [0.1, 0.15) is 54.9 Å². The topological polar surface area (TPSA) is 49.4 Å². The van der Waals surface area contributed by atoms with Crippen molar-refractivity contribution >= 4 is 23.5 Å². The van der Waals surface area contributed by atoms with E-state index in [1.54, 1.807) is 6.92 Å². The van der Waals surface area contributed by atoms with Crippen molar-refractivity contribution in [2.24, 2.45) is 0 Å². The highest BCUT2D eigenvalue weighted by atomic mass is 32.2. The van der Waals surface area contributed by atoms with E-state index in [-0.39, 0.29) is 28.0 Å². The fourth-order valence-electron chi connectivity index (χ4n) is 3.19. The van der Waals surface area contributed by atoms with Gasteiger partial charge in [-0.2, -0.15) is 11.8 Å². The predicted molar refractivity (Wildman–Crippen MR) is 89.7 cm³/mol. The van der Waals surface area contributed by atoms with Crippen LogP contribution < -0.4 is 5.32 Å². The summed E-state index contributed by atoms with van der Waals surface area (Å²) >= 11 is 1.81. The third-order valence-electron chi connectivity index (χ3n) is 4.80. The highest BCUT2D eigenvalue weighted by Crippen LogP contribution is 2.45. The Labute approximate surface area is 133 Å². The lowest BCUT2D eigenvalue weighted by Crippen LogP contribution is -2.66. The Balaban J connectivity index is 3.37. The number of rotatable bonds is 4. The molecule has 1 heterocycles. The monoisotopic (exact) mass is 314 g/mol. The fraction of sp³-hybridized carbons (Fsp3) is 0.875. The smallest absolute Gasteiger partial charge is 0.241 e. The average Bonchev–Trinajstić information content (AvgIpc) is 2.31. The van der Waals surface area contributed by atoms with Gasteiger partial charge < -0.3 is 10.2 Å². The summed E-state index contributed by atoms with van der Waals surface area (Å²) in [4.78, 5) is 26.7. The fourth-order valence-corrected chi connectivity index (χ4v) is 4.53. The van der Waals surface area contributed by atoms with Crippen LogP contribution in [0.3, 0.4) is 0 Å². The molecule has 0 aromatic rings. The third kappa shape index (κ3) is 3.45. The van der Waals surface area contributed by atoms with Gasteiger partial charge in [0, 0.05) is 22.5 Å². The van der Waals surface area contributed by atoms with Crippen LogP contribution in [-0.4, -0.2) is 51.3 Å². The Morgan fingerprint density at radius 3 is 2.33 bits per heavy atom. The summed E-state index contributed by atoms with van der Waals surface area (Å²) in [6, 6.07) is -0.206. The molecule has 1 saturated heterocycles. The lowest BCUT2D eigenvalue weighted by atomic mass is 9.81. The number of likely N-dealkylation sites (N-methyl/N-ethyl adjacent to an activating group) is 1. The average molecular weight is 314 g/mol. The first-order valence-electron chi connectivity index (χ1n) is 7.51. The van der Waals surface area contributed by atoms with Gasteiger partial charge in [0.2, 0.25) is 5.91 Å². The number of hydrogen-bond donors (Lipinski definition) is 1. The van der Waals surface area contributed by atoms with Crippen molar-refractivity contribution in [2.45, 2.75) is 76.8 Å². The number of carbonyl (C=O) groups is 2. The second-order valence-corrected chi connectivity index (χ2v) is 9.23. The molecule has 1 rings (SSSR count). The molecule has 0 saturated carbocycles. The van der Waals surface area contributed by atoms with Crippen molar-refractivity contribution < 1.29 is 9.59 Å². The molecular weight excluding hydrogens is 284 g/mol. The molecule has 0 radical (unpaired) electrons. The summed E-state index contributed by atoms with van der Waals surface area (Å²) in [5, 5.41) is 3.13. The number of nitrogens with one attached hydrogen (secondary N) is 1.